The molecule has 3 atom stereocenters. The number of pyridine rings is 2. The van der Waals surface area contributed by atoms with Crippen molar-refractivity contribution >= 4 is 82.3 Å². The van der Waals surface area contributed by atoms with E-state index in [0.29, 0.717) is 101 Å². The Bertz CT molecular complexity index is 3590. The average molecular weight is 1530 g/mol. The number of nitrogens with one attached hydrogen (secondary N) is 9. The number of cyclic esters (lactones) is 1. The van der Waals surface area contributed by atoms with Gasteiger partial charge in [0.1, 0.15) is 37.7 Å². The number of aryl methyl sites for hydroxylation is 1. The van der Waals surface area contributed by atoms with E-state index in [1.54, 1.807) is 42.9 Å². The van der Waals surface area contributed by atoms with E-state index in [0.717, 1.165) is 11.1 Å². The van der Waals surface area contributed by atoms with Gasteiger partial charge in [-0.15, -0.1) is 0 Å². The summed E-state index contributed by atoms with van der Waals surface area (Å²) in [7, 11) is 3.03. The molecular weight excluding hydrogens is 1420 g/mol. The molecule has 2 aliphatic rings. The number of esters is 2. The number of carbonyl (C=O) groups is 12. The van der Waals surface area contributed by atoms with Gasteiger partial charge in [0, 0.05) is 69.6 Å². The van der Waals surface area contributed by atoms with E-state index in [1.165, 1.54) is 18.9 Å². The Hall–Kier alpha value is -9.54. The molecule has 600 valence electrons. The summed E-state index contributed by atoms with van der Waals surface area (Å²) in [6.07, 6.45) is -1.56. The summed E-state index contributed by atoms with van der Waals surface area (Å²) >= 11 is 0. The largest absolute Gasteiger partial charge is 0.462 e. The van der Waals surface area contributed by atoms with Crippen molar-refractivity contribution in [1.82, 2.24) is 62.3 Å². The molecule has 0 fully saturated rings. The van der Waals surface area contributed by atoms with Crippen LogP contribution in [-0.4, -0.2) is 282 Å². The highest BCUT2D eigenvalue weighted by Gasteiger charge is 2.45. The first-order valence-electron chi connectivity index (χ1n) is 35.5. The van der Waals surface area contributed by atoms with Crippen LogP contribution in [0.1, 0.15) is 89.5 Å². The van der Waals surface area contributed by atoms with E-state index >= 15 is 0 Å². The molecule has 3 aromatic rings. The van der Waals surface area contributed by atoms with Gasteiger partial charge < -0.3 is 119 Å². The molecule has 0 bridgehead atoms. The number of aliphatic hydroxyl groups is 1. The minimum Gasteiger partial charge on any atom is -0.462 e. The van der Waals surface area contributed by atoms with Crippen molar-refractivity contribution in [1.29, 1.82) is 0 Å². The summed E-state index contributed by atoms with van der Waals surface area (Å²) in [4.78, 5) is 172. The number of hydrogen-bond acceptors (Lipinski definition) is 27. The second kappa shape index (κ2) is 47.3. The van der Waals surface area contributed by atoms with Gasteiger partial charge in [-0.05, 0) is 55.0 Å². The molecule has 2 aromatic heterocycles. The Morgan fingerprint density at radius 1 is 0.620 bits per heavy atom. The molecule has 0 aliphatic carbocycles. The first-order valence-corrected chi connectivity index (χ1v) is 35.5. The van der Waals surface area contributed by atoms with E-state index < -0.39 is 122 Å². The lowest BCUT2D eigenvalue weighted by molar-refractivity contribution is -0.172. The highest BCUT2D eigenvalue weighted by atomic mass is 16.6. The molecule has 0 radical (unpaired) electrons. The third-order valence-corrected chi connectivity index (χ3v) is 16.1. The van der Waals surface area contributed by atoms with Crippen molar-refractivity contribution in [3.8, 4) is 17.1 Å². The number of alkyl carbamates (subject to hydrolysis) is 1. The van der Waals surface area contributed by atoms with Gasteiger partial charge in [-0.1, -0.05) is 34.6 Å². The van der Waals surface area contributed by atoms with Crippen molar-refractivity contribution < 1.29 is 119 Å². The molecule has 0 spiro atoms. The third-order valence-electron chi connectivity index (χ3n) is 16.1. The summed E-state index contributed by atoms with van der Waals surface area (Å²) in [6, 6.07) is 3.80. The quantitative estimate of drug-likeness (QED) is 0.0130. The number of likely N-dealkylation sites (N-methyl/N-ethyl adjacent to an activating group) is 1. The predicted octanol–water partition coefficient (Wildman–Crippen LogP) is -1.99. The third kappa shape index (κ3) is 31.3. The van der Waals surface area contributed by atoms with E-state index in [-0.39, 0.29) is 126 Å². The Kier molecular flexibility index (Phi) is 39.0. The monoisotopic (exact) mass is 1530 g/mol. The molecule has 38 nitrogen and oxygen atoms in total. The molecule has 2 aliphatic heterocycles. The zero-order valence-electron chi connectivity index (χ0n) is 62.6. The van der Waals surface area contributed by atoms with Crippen LogP contribution in [0.25, 0.3) is 22.3 Å². The Morgan fingerprint density at radius 2 is 1.16 bits per heavy atom. The molecule has 38 heteroatoms. The maximum atomic E-state index is 13.8. The number of fused-ring (bicyclic) bond motifs is 5. The van der Waals surface area contributed by atoms with E-state index in [2.05, 4.69) is 47.9 Å². The van der Waals surface area contributed by atoms with Crippen LogP contribution in [0, 0.1) is 5.41 Å². The zero-order chi connectivity index (χ0) is 79.0. The Balaban J connectivity index is 0.992. The number of carbonyl (C=O) groups excluding carboxylic acids is 12. The molecular formula is C70H104N12O26. The second-order valence-corrected chi connectivity index (χ2v) is 25.7. The number of methoxy groups -OCH3 is 1. The van der Waals surface area contributed by atoms with Crippen molar-refractivity contribution in [2.75, 3.05) is 179 Å². The highest BCUT2D eigenvalue weighted by Crippen LogP contribution is 2.41. The maximum absolute atomic E-state index is 13.8. The molecule has 10 amide bonds. The number of rotatable bonds is 51. The summed E-state index contributed by atoms with van der Waals surface area (Å²) in [6.45, 7) is 11.9. The average Bonchev–Trinajstić information content (AvgIpc) is 1.52. The highest BCUT2D eigenvalue weighted by molar-refractivity contribution is 5.94. The van der Waals surface area contributed by atoms with Gasteiger partial charge >= 0.3 is 24.1 Å². The number of aromatic nitrogens is 2. The molecule has 0 saturated carbocycles. The van der Waals surface area contributed by atoms with Crippen LogP contribution >= 0.6 is 0 Å². The van der Waals surface area contributed by atoms with E-state index in [1.807, 2.05) is 27.7 Å². The smallest absolute Gasteiger partial charge is 0.415 e. The summed E-state index contributed by atoms with van der Waals surface area (Å²) in [5, 5.41) is 33.4. The van der Waals surface area contributed by atoms with Gasteiger partial charge in [0.25, 0.3) is 5.56 Å². The van der Waals surface area contributed by atoms with Crippen molar-refractivity contribution in [3.05, 3.63) is 56.9 Å². The van der Waals surface area contributed by atoms with Crippen LogP contribution in [0.2, 0.25) is 0 Å². The number of ether oxygens (including phenoxy) is 12. The van der Waals surface area contributed by atoms with Gasteiger partial charge in [0.15, 0.2) is 5.60 Å². The van der Waals surface area contributed by atoms with E-state index in [9.17, 15) is 67.4 Å². The fourth-order valence-corrected chi connectivity index (χ4v) is 10.4. The zero-order valence-corrected chi connectivity index (χ0v) is 62.6. The standard InChI is InChI=1S/C70H104N12O26/c1-9-47-48-35-46(11-12-52(48)80-62-49(47)42-82-54(62)36-51-50(64(82)91)43-106-66(93)70(51,96)10-2)108-68(95)81(7)18-20-105-65(92)45(3)78-56(84)14-16-73-67(94)107-44-53(63(90)72-17-19-98-23-24-100-27-28-102-31-32-104-34-33-103-30-29-101-26-25-99-22-21-97-8)79-61(89)41-77-60(88)40-76-59(87)39-75-58(86)38-74-55(83)13-15-71-57(85)37-69(4,5)6/h11-12,35-36,45,53,96H,9-10,13-34,37-44H2,1-8H3,(H,71,85)(H,72,90)(H,73,94)(H,74,83)(H,75,86)(H,76,87)(H,77,88)(H,78,84)(H,79,89)/t45?,53?,70-/m1/s1. The summed E-state index contributed by atoms with van der Waals surface area (Å²) < 4.78 is 66.0. The molecule has 2 unspecified atom stereocenters. The fourth-order valence-electron chi connectivity index (χ4n) is 10.4. The topological polar surface area (TPSA) is 482 Å². The lowest BCUT2D eigenvalue weighted by Crippen LogP contribution is -2.53. The Morgan fingerprint density at radius 3 is 1.71 bits per heavy atom. The van der Waals surface area contributed by atoms with Gasteiger partial charge in [-0.2, -0.15) is 0 Å². The normalized spacial score (nSPS) is 14.0. The molecule has 0 saturated heterocycles. The lowest BCUT2D eigenvalue weighted by atomic mass is 9.86. The van der Waals surface area contributed by atoms with Gasteiger partial charge in [-0.3, -0.25) is 43.2 Å². The minimum atomic E-state index is -1.98. The van der Waals surface area contributed by atoms with Crippen molar-refractivity contribution in [3.63, 3.8) is 0 Å². The maximum Gasteiger partial charge on any atom is 0.415 e. The molecule has 5 rings (SSSR count). The molecule has 4 heterocycles. The number of hydrogen-bond donors (Lipinski definition) is 10. The number of amides is 10. The van der Waals surface area contributed by atoms with Crippen LogP contribution in [0.3, 0.4) is 0 Å². The molecule has 1 aromatic carbocycles. The van der Waals surface area contributed by atoms with Crippen molar-refractivity contribution in [2.45, 2.75) is 104 Å². The summed E-state index contributed by atoms with van der Waals surface area (Å²) in [5.41, 5.74) is 0.906. The number of nitrogens with zero attached hydrogens (tertiary/aromatic N) is 3. The van der Waals surface area contributed by atoms with Gasteiger partial charge in [0.05, 0.1) is 161 Å². The fraction of sp³-hybridized carbons (Fsp3) is 0.629. The number of benzene rings is 1. The molecule has 10 N–H and O–H groups in total. The predicted molar refractivity (Wildman–Crippen MR) is 381 cm³/mol. The summed E-state index contributed by atoms with van der Waals surface area (Å²) in [5.74, 6) is -7.01. The van der Waals surface area contributed by atoms with Gasteiger partial charge in [-0.25, -0.2) is 24.2 Å². The Labute approximate surface area is 624 Å². The van der Waals surface area contributed by atoms with Crippen LogP contribution in [0.4, 0.5) is 9.59 Å². The van der Waals surface area contributed by atoms with Gasteiger partial charge in [0.2, 0.25) is 47.3 Å². The minimum absolute atomic E-state index is 0.000894. The first-order chi connectivity index (χ1) is 51.7. The first kappa shape index (κ1) is 89.1. The lowest BCUT2D eigenvalue weighted by Gasteiger charge is -2.31. The van der Waals surface area contributed by atoms with Crippen molar-refractivity contribution in [2.24, 2.45) is 5.41 Å². The van der Waals surface area contributed by atoms with E-state index in [4.69, 9.17) is 61.8 Å². The van der Waals surface area contributed by atoms with Crippen LogP contribution in [0.5, 0.6) is 5.75 Å². The van der Waals surface area contributed by atoms with Crippen LogP contribution in [0.15, 0.2) is 29.1 Å². The van der Waals surface area contributed by atoms with Crippen LogP contribution < -0.4 is 58.1 Å². The SMILES string of the molecule is CCc1c2c(nc3ccc(OC(=O)N(C)CCOC(=O)C(C)NC(=O)CCNC(=O)OCC(NC(=O)CNC(=O)CNC(=O)CNC(=O)CNC(=O)CCNC(=O)CC(C)(C)C)C(=O)NCCOCCOCCOCCOCCOCCOCCOCCOC)cc13)-c1cc3c(c(=O)n1C2)COC(=O)[C@@]3(O)CC. The molecule has 108 heavy (non-hydrogen) atoms. The second-order valence-electron chi connectivity index (χ2n) is 25.7. The van der Waals surface area contributed by atoms with Crippen LogP contribution in [-0.2, 0) is 125 Å².